The number of sulfone groups is 2. The predicted octanol–water partition coefficient (Wildman–Crippen LogP) is 5.79. The van der Waals surface area contributed by atoms with Crippen molar-refractivity contribution in [3.63, 3.8) is 0 Å². The van der Waals surface area contributed by atoms with E-state index >= 15 is 0 Å². The van der Waals surface area contributed by atoms with Crippen LogP contribution in [0.5, 0.6) is 0 Å². The van der Waals surface area contributed by atoms with Gasteiger partial charge in [0.25, 0.3) is 0 Å². The van der Waals surface area contributed by atoms with Crippen LogP contribution in [0.1, 0.15) is 5.56 Å². The highest BCUT2D eigenvalue weighted by atomic mass is 32.3. The standard InChI is InChI=1S/C15F17O4S2/c16-4-1-2(7(19)10(22)9(21)6(1)18)5(17)8(20)3(4)11(37(33,34)14(29,30)12(23,24)25)38(35,36)15(31,32)13(26,27)28/q-1. The van der Waals surface area contributed by atoms with E-state index in [4.69, 9.17) is 0 Å². The molecular weight excluding hydrogens is 631 g/mol. The monoisotopic (exact) mass is 631 g/mol. The molecule has 4 nitrogen and oxygen atoms in total. The molecule has 0 aliphatic carbocycles. The summed E-state index contributed by atoms with van der Waals surface area (Å²) in [4.78, 5) is 0. The zero-order valence-electron chi connectivity index (χ0n) is 16.4. The largest absolute Gasteiger partial charge is 0.468 e. The van der Waals surface area contributed by atoms with Crippen molar-refractivity contribution in [3.8, 4) is 0 Å². The Morgan fingerprint density at radius 2 is 0.684 bits per heavy atom. The van der Waals surface area contributed by atoms with Crippen LogP contribution < -0.4 is 0 Å². The van der Waals surface area contributed by atoms with Gasteiger partial charge in [0.1, 0.15) is 5.82 Å². The van der Waals surface area contributed by atoms with E-state index in [9.17, 15) is 91.5 Å². The van der Waals surface area contributed by atoms with Crippen LogP contribution in [0.25, 0.3) is 10.8 Å². The Morgan fingerprint density at radius 3 is 0.974 bits per heavy atom. The number of benzene rings is 2. The van der Waals surface area contributed by atoms with Gasteiger partial charge in [-0.2, -0.15) is 43.9 Å². The Labute approximate surface area is 196 Å². The van der Waals surface area contributed by atoms with E-state index in [1.807, 2.05) is 0 Å². The van der Waals surface area contributed by atoms with Crippen molar-refractivity contribution in [3.05, 3.63) is 50.9 Å². The second kappa shape index (κ2) is 8.64. The Hall–Kier alpha value is -2.72. The normalized spacial score (nSPS) is 14.3. The molecule has 2 rings (SSSR count). The Kier molecular flexibility index (Phi) is 7.16. The molecule has 0 bridgehead atoms. The van der Waals surface area contributed by atoms with Gasteiger partial charge < -0.3 is 0 Å². The fourth-order valence-electron chi connectivity index (χ4n) is 2.61. The lowest BCUT2D eigenvalue weighted by molar-refractivity contribution is -0.242. The van der Waals surface area contributed by atoms with E-state index in [0.717, 1.165) is 0 Å². The van der Waals surface area contributed by atoms with Crippen LogP contribution in [0.15, 0.2) is 0 Å². The zero-order chi connectivity index (χ0) is 30.4. The first-order valence-corrected chi connectivity index (χ1v) is 11.2. The molecule has 0 N–H and O–H groups in total. The molecule has 0 unspecified atom stereocenters. The Balaban J connectivity index is 3.37. The van der Waals surface area contributed by atoms with E-state index in [0.29, 0.717) is 0 Å². The summed E-state index contributed by atoms with van der Waals surface area (Å²) in [6, 6.07) is 0. The molecule has 0 fully saturated rings. The summed E-state index contributed by atoms with van der Waals surface area (Å²) in [6.45, 7) is 0. The van der Waals surface area contributed by atoms with Crippen LogP contribution in [0.4, 0.5) is 74.6 Å². The van der Waals surface area contributed by atoms with Crippen molar-refractivity contribution < 1.29 is 91.5 Å². The molecule has 0 heterocycles. The first kappa shape index (κ1) is 31.5. The fraction of sp³-hybridized carbons (Fsp3) is 0.267. The van der Waals surface area contributed by atoms with Gasteiger partial charge in [0.2, 0.25) is 19.7 Å². The lowest BCUT2D eigenvalue weighted by atomic mass is 10.0. The number of alkyl halides is 10. The van der Waals surface area contributed by atoms with E-state index in [1.165, 1.54) is 0 Å². The molecule has 0 aromatic heterocycles. The van der Waals surface area contributed by atoms with Crippen LogP contribution in [-0.2, 0) is 19.7 Å². The zero-order valence-corrected chi connectivity index (χ0v) is 18.0. The van der Waals surface area contributed by atoms with Gasteiger partial charge in [-0.15, -0.1) is 0 Å². The molecule has 0 amide bonds. The number of halogens is 17. The van der Waals surface area contributed by atoms with Gasteiger partial charge in [0, 0.05) is 16.6 Å². The first-order valence-electron chi connectivity index (χ1n) is 8.20. The van der Waals surface area contributed by atoms with Crippen molar-refractivity contribution in [2.75, 3.05) is 0 Å². The van der Waals surface area contributed by atoms with Crippen molar-refractivity contribution in [1.29, 1.82) is 0 Å². The molecular formula is C15F17O4S2-. The van der Waals surface area contributed by atoms with Crippen LogP contribution in [0, 0.1) is 45.3 Å². The molecule has 0 saturated heterocycles. The molecule has 23 heteroatoms. The molecule has 0 aliphatic rings. The summed E-state index contributed by atoms with van der Waals surface area (Å²) in [5.41, 5.74) is -4.02. The van der Waals surface area contributed by atoms with Gasteiger partial charge in [-0.1, -0.05) is 5.56 Å². The maximum absolute atomic E-state index is 14.8. The SMILES string of the molecule is O=S(=O)([C-](c1c(F)c(F)c2c(F)c(F)c(F)c(F)c2c1F)S(=O)(=O)C(F)(F)C(F)(F)F)C(F)(F)C(F)(F)F. The Morgan fingerprint density at radius 1 is 0.421 bits per heavy atom. The number of hydrogen-bond donors (Lipinski definition) is 0. The number of fused-ring (bicyclic) bond motifs is 1. The van der Waals surface area contributed by atoms with Gasteiger partial charge >= 0.3 is 22.9 Å². The van der Waals surface area contributed by atoms with Crippen molar-refractivity contribution in [2.45, 2.75) is 22.9 Å². The molecule has 0 spiro atoms. The van der Waals surface area contributed by atoms with Crippen molar-refractivity contribution in [2.24, 2.45) is 0 Å². The predicted molar refractivity (Wildman–Crippen MR) is 85.8 cm³/mol. The summed E-state index contributed by atoms with van der Waals surface area (Å²) in [5.74, 6) is -24.1. The maximum Gasteiger partial charge on any atom is 0.468 e. The highest BCUT2D eigenvalue weighted by Gasteiger charge is 2.75. The summed E-state index contributed by atoms with van der Waals surface area (Å²) < 4.78 is 272. The van der Waals surface area contributed by atoms with Crippen LogP contribution in [-0.4, -0.2) is 39.7 Å². The van der Waals surface area contributed by atoms with Gasteiger partial charge in [-0.05, 0) is 0 Å². The molecule has 2 aromatic carbocycles. The summed E-state index contributed by atoms with van der Waals surface area (Å²) in [6.07, 6.45) is -15.3. The molecule has 0 atom stereocenters. The lowest BCUT2D eigenvalue weighted by Gasteiger charge is -2.34. The van der Waals surface area contributed by atoms with Gasteiger partial charge in [0.15, 0.2) is 23.3 Å². The van der Waals surface area contributed by atoms with E-state index in [2.05, 4.69) is 0 Å². The van der Waals surface area contributed by atoms with Gasteiger partial charge in [-0.3, -0.25) is 8.78 Å². The smallest absolute Gasteiger partial charge is 0.283 e. The second-order valence-corrected chi connectivity index (χ2v) is 10.8. The third kappa shape index (κ3) is 3.99. The molecule has 38 heavy (non-hydrogen) atoms. The second-order valence-electron chi connectivity index (χ2n) is 6.65. The van der Waals surface area contributed by atoms with Gasteiger partial charge in [-0.25, -0.2) is 38.8 Å². The topological polar surface area (TPSA) is 68.3 Å². The van der Waals surface area contributed by atoms with Gasteiger partial charge in [0.05, 0.1) is 10.4 Å². The highest BCUT2D eigenvalue weighted by Crippen LogP contribution is 2.53. The first-order chi connectivity index (χ1) is 16.6. The quantitative estimate of drug-likeness (QED) is 0.182. The highest BCUT2D eigenvalue weighted by molar-refractivity contribution is 8.14. The average molecular weight is 631 g/mol. The fourth-order valence-corrected chi connectivity index (χ4v) is 6.37. The summed E-state index contributed by atoms with van der Waals surface area (Å²) >= 11 is 0. The van der Waals surface area contributed by atoms with E-state index < -0.39 is 104 Å². The van der Waals surface area contributed by atoms with Crippen LogP contribution in [0.2, 0.25) is 0 Å². The summed E-state index contributed by atoms with van der Waals surface area (Å²) in [5, 5.41) is -21.5. The van der Waals surface area contributed by atoms with Crippen LogP contribution >= 0.6 is 0 Å². The molecule has 216 valence electrons. The lowest BCUT2D eigenvalue weighted by Crippen LogP contribution is -2.53. The molecule has 0 saturated carbocycles. The molecule has 0 aliphatic heterocycles. The minimum Gasteiger partial charge on any atom is -0.283 e. The van der Waals surface area contributed by atoms with E-state index in [-0.39, 0.29) is 0 Å². The van der Waals surface area contributed by atoms with E-state index in [1.54, 1.807) is 0 Å². The van der Waals surface area contributed by atoms with Crippen LogP contribution in [0.3, 0.4) is 0 Å². The molecule has 2 aromatic rings. The molecule has 0 radical (unpaired) electrons. The average Bonchev–Trinajstić information content (AvgIpc) is 2.73. The minimum absolute atomic E-state index is 2.81. The third-order valence-corrected chi connectivity index (χ3v) is 8.88. The number of rotatable bonds is 5. The minimum atomic E-state index is -8.82. The van der Waals surface area contributed by atoms with Crippen molar-refractivity contribution in [1.82, 2.24) is 0 Å². The summed E-state index contributed by atoms with van der Waals surface area (Å²) in [7, 11) is -17.6. The number of hydrogen-bond acceptors (Lipinski definition) is 4. The maximum atomic E-state index is 14.8. The van der Waals surface area contributed by atoms with Crippen molar-refractivity contribution >= 4 is 30.4 Å². The Bertz CT molecular complexity index is 1480. The third-order valence-electron chi connectivity index (χ3n) is 4.37.